The SMILES string of the molecule is COC(=O)c1cccc(NC(=O)C2=CN3CCS(=O)(=O)N=C3C=C2)c1C. The minimum absolute atomic E-state index is 0.101. The summed E-state index contributed by atoms with van der Waals surface area (Å²) in [4.78, 5) is 25.9. The van der Waals surface area contributed by atoms with Gasteiger partial charge >= 0.3 is 5.97 Å². The van der Waals surface area contributed by atoms with Crippen LogP contribution in [-0.4, -0.2) is 50.4 Å². The number of nitrogens with one attached hydrogen (secondary N) is 1. The Bertz CT molecular complexity index is 976. The lowest BCUT2D eigenvalue weighted by Crippen LogP contribution is -2.37. The number of hydrogen-bond acceptors (Lipinski definition) is 6. The lowest BCUT2D eigenvalue weighted by molar-refractivity contribution is -0.112. The van der Waals surface area contributed by atoms with Gasteiger partial charge in [-0.05, 0) is 36.8 Å². The number of amides is 1. The highest BCUT2D eigenvalue weighted by atomic mass is 32.2. The van der Waals surface area contributed by atoms with E-state index in [0.29, 0.717) is 22.4 Å². The minimum Gasteiger partial charge on any atom is -0.465 e. The van der Waals surface area contributed by atoms with Gasteiger partial charge in [0.15, 0.2) is 0 Å². The van der Waals surface area contributed by atoms with Gasteiger partial charge < -0.3 is 15.0 Å². The van der Waals surface area contributed by atoms with Crippen molar-refractivity contribution in [3.8, 4) is 0 Å². The summed E-state index contributed by atoms with van der Waals surface area (Å²) in [7, 11) is -2.14. The summed E-state index contributed by atoms with van der Waals surface area (Å²) in [5, 5.41) is 2.76. The summed E-state index contributed by atoms with van der Waals surface area (Å²) < 4.78 is 31.4. The summed E-state index contributed by atoms with van der Waals surface area (Å²) in [5.41, 5.74) is 1.81. The van der Waals surface area contributed by atoms with Crippen molar-refractivity contribution in [3.63, 3.8) is 0 Å². The van der Waals surface area contributed by atoms with Crippen LogP contribution in [0.3, 0.4) is 0 Å². The van der Waals surface area contributed by atoms with Crippen molar-refractivity contribution >= 4 is 33.4 Å². The Morgan fingerprint density at radius 1 is 1.27 bits per heavy atom. The lowest BCUT2D eigenvalue weighted by Gasteiger charge is -2.27. The molecule has 2 aliphatic heterocycles. The average molecular weight is 375 g/mol. The molecule has 136 valence electrons. The maximum atomic E-state index is 12.5. The van der Waals surface area contributed by atoms with Gasteiger partial charge in [0.25, 0.3) is 15.9 Å². The van der Waals surface area contributed by atoms with E-state index in [1.807, 2.05) is 0 Å². The third kappa shape index (κ3) is 3.52. The molecule has 0 radical (unpaired) electrons. The summed E-state index contributed by atoms with van der Waals surface area (Å²) in [6, 6.07) is 4.96. The number of ether oxygens (including phenoxy) is 1. The molecule has 0 bridgehead atoms. The normalized spacial score (nSPS) is 17.7. The average Bonchev–Trinajstić information content (AvgIpc) is 2.61. The molecule has 3 rings (SSSR count). The fourth-order valence-corrected chi connectivity index (χ4v) is 3.60. The predicted octanol–water partition coefficient (Wildman–Crippen LogP) is 1.22. The van der Waals surface area contributed by atoms with Crippen LogP contribution >= 0.6 is 0 Å². The number of carbonyl (C=O) groups is 2. The van der Waals surface area contributed by atoms with Gasteiger partial charge in [-0.25, -0.2) is 13.2 Å². The van der Waals surface area contributed by atoms with Crippen LogP contribution in [0.15, 0.2) is 46.5 Å². The van der Waals surface area contributed by atoms with Crippen LogP contribution in [0.4, 0.5) is 5.69 Å². The molecule has 1 aromatic carbocycles. The Kier molecular flexibility index (Phi) is 4.64. The fourth-order valence-electron chi connectivity index (χ4n) is 2.63. The second-order valence-corrected chi connectivity index (χ2v) is 7.53. The first kappa shape index (κ1) is 17.9. The van der Waals surface area contributed by atoms with Crippen LogP contribution in [-0.2, 0) is 19.6 Å². The van der Waals surface area contributed by atoms with E-state index in [-0.39, 0.29) is 24.0 Å². The molecule has 26 heavy (non-hydrogen) atoms. The molecule has 0 unspecified atom stereocenters. The summed E-state index contributed by atoms with van der Waals surface area (Å²) in [6.07, 6.45) is 4.55. The fraction of sp³-hybridized carbons (Fsp3) is 0.235. The van der Waals surface area contributed by atoms with E-state index in [0.717, 1.165) is 0 Å². The molecule has 0 fully saturated rings. The van der Waals surface area contributed by atoms with Crippen LogP contribution in [0.2, 0.25) is 0 Å². The Morgan fingerprint density at radius 2 is 2.04 bits per heavy atom. The zero-order chi connectivity index (χ0) is 18.9. The standard InChI is InChI=1S/C17H17N3O5S/c1-11-13(17(22)25-2)4-3-5-14(11)18-16(21)12-6-7-15-19-26(23,24)9-8-20(15)10-12/h3-7,10H,8-9H2,1-2H3,(H,18,21). The van der Waals surface area contributed by atoms with E-state index in [4.69, 9.17) is 4.74 Å². The first-order valence-corrected chi connectivity index (χ1v) is 9.40. The van der Waals surface area contributed by atoms with Gasteiger partial charge in [-0.2, -0.15) is 0 Å². The van der Waals surface area contributed by atoms with Crippen LogP contribution in [0.5, 0.6) is 0 Å². The smallest absolute Gasteiger partial charge is 0.338 e. The van der Waals surface area contributed by atoms with Crippen LogP contribution in [0.1, 0.15) is 15.9 Å². The monoisotopic (exact) mass is 375 g/mol. The zero-order valence-electron chi connectivity index (χ0n) is 14.2. The molecule has 1 amide bonds. The van der Waals surface area contributed by atoms with E-state index in [2.05, 4.69) is 9.71 Å². The van der Waals surface area contributed by atoms with Gasteiger partial charge in [-0.3, -0.25) is 4.79 Å². The molecule has 0 atom stereocenters. The van der Waals surface area contributed by atoms with Crippen molar-refractivity contribution in [2.24, 2.45) is 4.40 Å². The second kappa shape index (κ2) is 6.75. The summed E-state index contributed by atoms with van der Waals surface area (Å²) >= 11 is 0. The largest absolute Gasteiger partial charge is 0.465 e. The third-order valence-electron chi connectivity index (χ3n) is 4.07. The van der Waals surface area contributed by atoms with Crippen LogP contribution in [0, 0.1) is 6.92 Å². The number of carbonyl (C=O) groups excluding carboxylic acids is 2. The lowest BCUT2D eigenvalue weighted by atomic mass is 10.1. The molecule has 0 aliphatic carbocycles. The third-order valence-corrected chi connectivity index (χ3v) is 5.24. The maximum Gasteiger partial charge on any atom is 0.338 e. The van der Waals surface area contributed by atoms with Gasteiger partial charge in [0, 0.05) is 18.4 Å². The van der Waals surface area contributed by atoms with E-state index in [1.54, 1.807) is 36.2 Å². The number of nitrogens with zero attached hydrogens (tertiary/aromatic N) is 2. The number of sulfonamides is 1. The van der Waals surface area contributed by atoms with Crippen LogP contribution in [0.25, 0.3) is 0 Å². The molecular weight excluding hydrogens is 358 g/mol. The van der Waals surface area contributed by atoms with Gasteiger partial charge in [-0.1, -0.05) is 6.07 Å². The van der Waals surface area contributed by atoms with E-state index >= 15 is 0 Å². The first-order chi connectivity index (χ1) is 12.3. The molecule has 2 aliphatic rings. The highest BCUT2D eigenvalue weighted by molar-refractivity contribution is 7.90. The Hall–Kier alpha value is -2.94. The highest BCUT2D eigenvalue weighted by Gasteiger charge is 2.25. The van der Waals surface area contributed by atoms with E-state index in [1.165, 1.54) is 19.3 Å². The molecule has 1 aromatic rings. The predicted molar refractivity (Wildman–Crippen MR) is 96.3 cm³/mol. The molecule has 9 heteroatoms. The van der Waals surface area contributed by atoms with Gasteiger partial charge in [0.05, 0.1) is 24.0 Å². The molecule has 0 aromatic heterocycles. The second-order valence-electron chi connectivity index (χ2n) is 5.77. The van der Waals surface area contributed by atoms with Crippen molar-refractivity contribution in [2.75, 3.05) is 24.7 Å². The molecule has 0 saturated carbocycles. The Balaban J connectivity index is 1.81. The van der Waals surface area contributed by atoms with Crippen molar-refractivity contribution in [2.45, 2.75) is 6.92 Å². The number of amidine groups is 1. The van der Waals surface area contributed by atoms with Crippen molar-refractivity contribution in [1.29, 1.82) is 0 Å². The molecular formula is C17H17N3O5S. The Labute approximate surface area is 150 Å². The van der Waals surface area contributed by atoms with Gasteiger partial charge in [0.1, 0.15) is 5.84 Å². The molecule has 8 nitrogen and oxygen atoms in total. The molecule has 2 heterocycles. The molecule has 0 spiro atoms. The number of rotatable bonds is 3. The van der Waals surface area contributed by atoms with Crippen molar-refractivity contribution < 1.29 is 22.7 Å². The number of benzene rings is 1. The van der Waals surface area contributed by atoms with Crippen molar-refractivity contribution in [1.82, 2.24) is 4.90 Å². The zero-order valence-corrected chi connectivity index (χ0v) is 15.0. The highest BCUT2D eigenvalue weighted by Crippen LogP contribution is 2.22. The Morgan fingerprint density at radius 3 is 2.77 bits per heavy atom. The number of fused-ring (bicyclic) bond motifs is 1. The number of hydrogen-bond donors (Lipinski definition) is 1. The summed E-state index contributed by atoms with van der Waals surface area (Å²) in [6.45, 7) is 1.95. The summed E-state index contributed by atoms with van der Waals surface area (Å²) in [5.74, 6) is -0.669. The number of esters is 1. The molecule has 1 N–H and O–H groups in total. The van der Waals surface area contributed by atoms with Gasteiger partial charge in [0.2, 0.25) is 0 Å². The van der Waals surface area contributed by atoms with E-state index < -0.39 is 16.0 Å². The number of anilines is 1. The van der Waals surface area contributed by atoms with Gasteiger partial charge in [-0.15, -0.1) is 4.40 Å². The molecule has 0 saturated heterocycles. The van der Waals surface area contributed by atoms with E-state index in [9.17, 15) is 18.0 Å². The minimum atomic E-state index is -3.44. The quantitative estimate of drug-likeness (QED) is 0.797. The maximum absolute atomic E-state index is 12.5. The van der Waals surface area contributed by atoms with Crippen LogP contribution < -0.4 is 5.32 Å². The number of methoxy groups -OCH3 is 1. The van der Waals surface area contributed by atoms with Crippen molar-refractivity contribution in [3.05, 3.63) is 53.3 Å². The first-order valence-electron chi connectivity index (χ1n) is 7.79. The topological polar surface area (TPSA) is 105 Å².